The highest BCUT2D eigenvalue weighted by atomic mass is 32.2. The third kappa shape index (κ3) is 9.13. The minimum absolute atomic E-state index is 0.304. The molecule has 0 aliphatic carbocycles. The maximum absolute atomic E-state index is 13.6. The van der Waals surface area contributed by atoms with E-state index in [1.165, 1.54) is 14.0 Å². The van der Waals surface area contributed by atoms with E-state index in [-0.39, 0.29) is 11.8 Å². The number of alkyl halides is 6. The average molecular weight is 572 g/mol. The normalized spacial score (nSPS) is 16.9. The molecule has 0 bridgehead atoms. The Morgan fingerprint density at radius 2 is 1.49 bits per heavy atom. The van der Waals surface area contributed by atoms with Crippen LogP contribution in [0.25, 0.3) is 0 Å². The number of allylic oxidation sites excluding steroid dienone is 1. The lowest BCUT2D eigenvalue weighted by molar-refractivity contribution is -0.363. The highest BCUT2D eigenvalue weighted by molar-refractivity contribution is 7.85. The molecule has 8 nitrogen and oxygen atoms in total. The van der Waals surface area contributed by atoms with Crippen LogP contribution in [0.5, 0.6) is 0 Å². The van der Waals surface area contributed by atoms with Gasteiger partial charge < -0.3 is 14.8 Å². The number of ether oxygens (including phenoxy) is 2. The standard InChI is InChI=1S/C22H35F6NO7S/c1-8-10-19(9-2,11-12-35-15(30)18(6,29-7)13-17(3,4)5)16(31)36-20(21(23,24)25,22(26,27)28)14-37(32,33)34/h8,29H,1,9-14H2,2-7H3,(H,32,33,34). The van der Waals surface area contributed by atoms with E-state index in [1.54, 1.807) is 6.92 Å². The summed E-state index contributed by atoms with van der Waals surface area (Å²) in [6, 6.07) is 0. The molecule has 0 fully saturated rings. The van der Waals surface area contributed by atoms with E-state index < -0.39 is 76.2 Å². The van der Waals surface area contributed by atoms with Crippen molar-refractivity contribution < 1.29 is 58.4 Å². The van der Waals surface area contributed by atoms with Crippen molar-refractivity contribution in [2.24, 2.45) is 10.8 Å². The fourth-order valence-corrected chi connectivity index (χ4v) is 4.74. The van der Waals surface area contributed by atoms with Gasteiger partial charge in [0.05, 0.1) is 12.0 Å². The molecule has 2 atom stereocenters. The third-order valence-electron chi connectivity index (χ3n) is 5.91. The van der Waals surface area contributed by atoms with Gasteiger partial charge in [-0.3, -0.25) is 14.1 Å². The zero-order valence-corrected chi connectivity index (χ0v) is 22.4. The van der Waals surface area contributed by atoms with E-state index in [0.717, 1.165) is 6.08 Å². The molecule has 2 unspecified atom stereocenters. The lowest BCUT2D eigenvalue weighted by Gasteiger charge is -2.39. The van der Waals surface area contributed by atoms with Crippen molar-refractivity contribution in [3.63, 3.8) is 0 Å². The number of hydrogen-bond donors (Lipinski definition) is 2. The van der Waals surface area contributed by atoms with Gasteiger partial charge in [-0.1, -0.05) is 33.8 Å². The van der Waals surface area contributed by atoms with Crippen molar-refractivity contribution in [3.05, 3.63) is 12.7 Å². The molecular formula is C22H35F6NO7S. The predicted octanol–water partition coefficient (Wildman–Crippen LogP) is 4.60. The molecule has 0 aromatic carbocycles. The second-order valence-corrected chi connectivity index (χ2v) is 11.7. The van der Waals surface area contributed by atoms with Gasteiger partial charge in [-0.2, -0.15) is 34.8 Å². The molecule has 0 radical (unpaired) electrons. The molecule has 218 valence electrons. The molecule has 0 heterocycles. The monoisotopic (exact) mass is 571 g/mol. The summed E-state index contributed by atoms with van der Waals surface area (Å²) in [6.45, 7) is 11.2. The van der Waals surface area contributed by atoms with Crippen LogP contribution < -0.4 is 5.32 Å². The first kappa shape index (κ1) is 35.1. The van der Waals surface area contributed by atoms with Crippen molar-refractivity contribution in [2.45, 2.75) is 83.8 Å². The Balaban J connectivity index is 6.23. The molecule has 0 aliphatic rings. The van der Waals surface area contributed by atoms with Crippen LogP contribution in [0.3, 0.4) is 0 Å². The molecular weight excluding hydrogens is 536 g/mol. The fourth-order valence-electron chi connectivity index (χ4n) is 3.84. The summed E-state index contributed by atoms with van der Waals surface area (Å²) >= 11 is 0. The van der Waals surface area contributed by atoms with Gasteiger partial charge >= 0.3 is 29.9 Å². The van der Waals surface area contributed by atoms with Crippen LogP contribution in [0.2, 0.25) is 0 Å². The van der Waals surface area contributed by atoms with Crippen molar-refractivity contribution >= 4 is 22.1 Å². The van der Waals surface area contributed by atoms with E-state index in [0.29, 0.717) is 6.42 Å². The first-order valence-corrected chi connectivity index (χ1v) is 12.8. The number of carbonyl (C=O) groups is 2. The number of esters is 2. The quantitative estimate of drug-likeness (QED) is 0.143. The van der Waals surface area contributed by atoms with Crippen LogP contribution >= 0.6 is 0 Å². The molecule has 0 amide bonds. The van der Waals surface area contributed by atoms with E-state index in [2.05, 4.69) is 16.6 Å². The van der Waals surface area contributed by atoms with Crippen molar-refractivity contribution in [2.75, 3.05) is 19.4 Å². The summed E-state index contributed by atoms with van der Waals surface area (Å²) in [6.07, 6.45) is -13.0. The molecule has 0 aromatic rings. The SMILES string of the molecule is C=CCC(CC)(CCOC(=O)C(C)(CC(C)(C)C)NC)C(=O)OC(CS(=O)(=O)O)(C(F)(F)F)C(F)(F)F. The first-order valence-electron chi connectivity index (χ1n) is 11.1. The Bertz CT molecular complexity index is 913. The third-order valence-corrected chi connectivity index (χ3v) is 6.68. The van der Waals surface area contributed by atoms with Gasteiger partial charge in [0.1, 0.15) is 11.3 Å². The van der Waals surface area contributed by atoms with Gasteiger partial charge in [-0.15, -0.1) is 6.58 Å². The molecule has 0 saturated carbocycles. The molecule has 0 spiro atoms. The zero-order chi connectivity index (χ0) is 29.7. The molecule has 2 N–H and O–H groups in total. The summed E-state index contributed by atoms with van der Waals surface area (Å²) in [4.78, 5) is 25.6. The minimum atomic E-state index is -6.46. The number of hydrogen-bond acceptors (Lipinski definition) is 7. The van der Waals surface area contributed by atoms with Gasteiger partial charge in [-0.25, -0.2) is 0 Å². The Kier molecular flexibility index (Phi) is 11.3. The van der Waals surface area contributed by atoms with Crippen LogP contribution in [-0.2, 0) is 29.2 Å². The number of carbonyl (C=O) groups excluding carboxylic acids is 2. The lowest BCUT2D eigenvalue weighted by atomic mass is 9.78. The maximum atomic E-state index is 13.6. The van der Waals surface area contributed by atoms with Gasteiger partial charge in [0.25, 0.3) is 10.1 Å². The Morgan fingerprint density at radius 1 is 1.00 bits per heavy atom. The van der Waals surface area contributed by atoms with Crippen LogP contribution in [0.15, 0.2) is 12.7 Å². The molecule has 37 heavy (non-hydrogen) atoms. The number of likely N-dealkylation sites (N-methyl/N-ethyl adjacent to an activating group) is 1. The van der Waals surface area contributed by atoms with E-state index in [4.69, 9.17) is 9.29 Å². The summed E-state index contributed by atoms with van der Waals surface area (Å²) in [5.74, 6) is -5.81. The molecule has 0 aliphatic heterocycles. The molecule has 0 rings (SSSR count). The minimum Gasteiger partial charge on any atom is -0.464 e. The van der Waals surface area contributed by atoms with Crippen molar-refractivity contribution in [1.29, 1.82) is 0 Å². The van der Waals surface area contributed by atoms with Gasteiger partial charge in [0.15, 0.2) is 0 Å². The summed E-state index contributed by atoms with van der Waals surface area (Å²) in [7, 11) is -4.43. The summed E-state index contributed by atoms with van der Waals surface area (Å²) in [5.41, 5.74) is -9.16. The Labute approximate surface area is 212 Å². The smallest absolute Gasteiger partial charge is 0.438 e. The summed E-state index contributed by atoms with van der Waals surface area (Å²) < 4.78 is 122. The van der Waals surface area contributed by atoms with E-state index >= 15 is 0 Å². The molecule has 0 saturated heterocycles. The van der Waals surface area contributed by atoms with Crippen LogP contribution in [0.4, 0.5) is 26.3 Å². The highest BCUT2D eigenvalue weighted by Gasteiger charge is 2.76. The topological polar surface area (TPSA) is 119 Å². The van der Waals surface area contributed by atoms with Crippen LogP contribution in [-0.4, -0.2) is 67.8 Å². The maximum Gasteiger partial charge on any atom is 0.438 e. The second kappa shape index (κ2) is 11.9. The van der Waals surface area contributed by atoms with Gasteiger partial charge in [-0.05, 0) is 45.1 Å². The Morgan fingerprint density at radius 3 is 1.81 bits per heavy atom. The van der Waals surface area contributed by atoms with Crippen LogP contribution in [0, 0.1) is 10.8 Å². The molecule has 0 aromatic heterocycles. The molecule has 15 heteroatoms. The summed E-state index contributed by atoms with van der Waals surface area (Å²) in [5, 5.41) is 2.82. The van der Waals surface area contributed by atoms with E-state index in [9.17, 15) is 44.3 Å². The van der Waals surface area contributed by atoms with Gasteiger partial charge in [0.2, 0.25) is 0 Å². The second-order valence-electron chi connectivity index (χ2n) is 10.3. The van der Waals surface area contributed by atoms with Crippen LogP contribution in [0.1, 0.15) is 60.3 Å². The lowest BCUT2D eigenvalue weighted by Crippen LogP contribution is -2.64. The number of rotatable bonds is 13. The highest BCUT2D eigenvalue weighted by Crippen LogP contribution is 2.48. The number of halogens is 6. The fraction of sp³-hybridized carbons (Fsp3) is 0.818. The van der Waals surface area contributed by atoms with Crippen molar-refractivity contribution in [3.8, 4) is 0 Å². The number of nitrogens with one attached hydrogen (secondary N) is 1. The largest absolute Gasteiger partial charge is 0.464 e. The average Bonchev–Trinajstić information content (AvgIpc) is 2.68. The van der Waals surface area contributed by atoms with E-state index in [1.807, 2.05) is 20.8 Å². The predicted molar refractivity (Wildman–Crippen MR) is 122 cm³/mol. The Hall–Kier alpha value is -1.87. The zero-order valence-electron chi connectivity index (χ0n) is 21.6. The van der Waals surface area contributed by atoms with Crippen molar-refractivity contribution in [1.82, 2.24) is 5.32 Å². The van der Waals surface area contributed by atoms with Gasteiger partial charge in [0, 0.05) is 0 Å². The first-order chi connectivity index (χ1) is 16.4.